The molecule has 1 amide bonds. The molecular formula is C20H16FN3O. The Morgan fingerprint density at radius 1 is 1.16 bits per heavy atom. The molecule has 0 aliphatic heterocycles. The van der Waals surface area contributed by atoms with Crippen LogP contribution >= 0.6 is 0 Å². The van der Waals surface area contributed by atoms with Gasteiger partial charge < -0.3 is 5.32 Å². The van der Waals surface area contributed by atoms with Crippen molar-refractivity contribution in [3.63, 3.8) is 0 Å². The molecular weight excluding hydrogens is 317 g/mol. The Kier molecular flexibility index (Phi) is 4.91. The van der Waals surface area contributed by atoms with Crippen LogP contribution in [0.25, 0.3) is 5.69 Å². The monoisotopic (exact) mass is 333 g/mol. The summed E-state index contributed by atoms with van der Waals surface area (Å²) < 4.78 is 15.3. The molecule has 0 aliphatic rings. The van der Waals surface area contributed by atoms with Gasteiger partial charge in [-0.15, -0.1) is 0 Å². The lowest BCUT2D eigenvalue weighted by Gasteiger charge is -2.06. The van der Waals surface area contributed by atoms with Crippen molar-refractivity contribution >= 4 is 5.91 Å². The van der Waals surface area contributed by atoms with Gasteiger partial charge in [-0.1, -0.05) is 42.2 Å². The summed E-state index contributed by atoms with van der Waals surface area (Å²) >= 11 is 0. The fraction of sp³-hybridized carbons (Fsp3) is 0.100. The molecule has 3 aromatic rings. The van der Waals surface area contributed by atoms with Crippen molar-refractivity contribution in [3.05, 3.63) is 83.4 Å². The summed E-state index contributed by atoms with van der Waals surface area (Å²) in [5, 5.41) is 6.85. The SMILES string of the molecule is Cc1c(C(=O)NCC#Cc2ccccc2)cnn1-c1ccccc1F. The number of nitrogens with zero attached hydrogens (tertiary/aromatic N) is 2. The standard InChI is InChI=1S/C20H16FN3O/c1-15-17(14-23-24(15)19-12-6-5-11-18(19)21)20(25)22-13-7-10-16-8-3-2-4-9-16/h2-6,8-9,11-12,14H,13H2,1H3,(H,22,25). The van der Waals surface area contributed by atoms with Gasteiger partial charge >= 0.3 is 0 Å². The first-order valence-corrected chi connectivity index (χ1v) is 7.78. The highest BCUT2D eigenvalue weighted by Gasteiger charge is 2.16. The lowest BCUT2D eigenvalue weighted by Crippen LogP contribution is -2.24. The molecule has 0 saturated carbocycles. The summed E-state index contributed by atoms with van der Waals surface area (Å²) in [7, 11) is 0. The number of benzene rings is 2. The van der Waals surface area contributed by atoms with Crippen LogP contribution in [0.15, 0.2) is 60.8 Å². The molecule has 124 valence electrons. The highest BCUT2D eigenvalue weighted by Crippen LogP contribution is 2.16. The third-order valence-corrected chi connectivity index (χ3v) is 3.68. The Morgan fingerprint density at radius 3 is 2.64 bits per heavy atom. The van der Waals surface area contributed by atoms with E-state index in [1.54, 1.807) is 25.1 Å². The van der Waals surface area contributed by atoms with E-state index in [9.17, 15) is 9.18 Å². The van der Waals surface area contributed by atoms with Crippen LogP contribution in [0.1, 0.15) is 21.6 Å². The molecule has 1 heterocycles. The quantitative estimate of drug-likeness (QED) is 0.749. The number of nitrogens with one attached hydrogen (secondary N) is 1. The zero-order chi connectivity index (χ0) is 17.6. The third kappa shape index (κ3) is 3.75. The zero-order valence-corrected chi connectivity index (χ0v) is 13.7. The molecule has 0 atom stereocenters. The van der Waals surface area contributed by atoms with Crippen molar-refractivity contribution in [2.75, 3.05) is 6.54 Å². The minimum Gasteiger partial charge on any atom is -0.341 e. The molecule has 4 nitrogen and oxygen atoms in total. The van der Waals surface area contributed by atoms with Crippen molar-refractivity contribution < 1.29 is 9.18 Å². The van der Waals surface area contributed by atoms with Gasteiger partial charge in [-0.2, -0.15) is 5.10 Å². The van der Waals surface area contributed by atoms with E-state index in [4.69, 9.17) is 0 Å². The van der Waals surface area contributed by atoms with E-state index in [1.807, 2.05) is 30.3 Å². The Labute approximate surface area is 145 Å². The van der Waals surface area contributed by atoms with Crippen molar-refractivity contribution in [3.8, 4) is 17.5 Å². The number of carbonyl (C=O) groups excluding carboxylic acids is 1. The van der Waals surface area contributed by atoms with Crippen LogP contribution in [0, 0.1) is 24.6 Å². The average molecular weight is 333 g/mol. The number of carbonyl (C=O) groups is 1. The first-order chi connectivity index (χ1) is 12.2. The number of rotatable bonds is 3. The minimum absolute atomic E-state index is 0.220. The van der Waals surface area contributed by atoms with Gasteiger partial charge in [0.2, 0.25) is 0 Å². The highest BCUT2D eigenvalue weighted by molar-refractivity contribution is 5.95. The maximum Gasteiger partial charge on any atom is 0.255 e. The minimum atomic E-state index is -0.394. The number of aromatic nitrogens is 2. The normalized spacial score (nSPS) is 10.0. The Hall–Kier alpha value is -3.39. The molecule has 0 fully saturated rings. The predicted octanol–water partition coefficient (Wildman–Crippen LogP) is 3.10. The number of hydrogen-bond donors (Lipinski definition) is 1. The molecule has 1 aromatic heterocycles. The zero-order valence-electron chi connectivity index (χ0n) is 13.7. The molecule has 0 bridgehead atoms. The molecule has 1 N–H and O–H groups in total. The summed E-state index contributed by atoms with van der Waals surface area (Å²) in [5.41, 5.74) is 2.16. The van der Waals surface area contributed by atoms with E-state index < -0.39 is 5.82 Å². The summed E-state index contributed by atoms with van der Waals surface area (Å²) in [5.74, 6) is 5.19. The lowest BCUT2D eigenvalue weighted by atomic mass is 10.2. The first kappa shape index (κ1) is 16.5. The molecule has 0 aliphatic carbocycles. The molecule has 25 heavy (non-hydrogen) atoms. The summed E-state index contributed by atoms with van der Waals surface area (Å²) in [6.07, 6.45) is 1.43. The Morgan fingerprint density at radius 2 is 1.88 bits per heavy atom. The molecule has 0 spiro atoms. The maximum atomic E-state index is 13.9. The van der Waals surface area contributed by atoms with Crippen LogP contribution in [-0.2, 0) is 0 Å². The number of halogens is 1. The van der Waals surface area contributed by atoms with Crippen LogP contribution in [0.2, 0.25) is 0 Å². The molecule has 2 aromatic carbocycles. The smallest absolute Gasteiger partial charge is 0.255 e. The van der Waals surface area contributed by atoms with Crippen LogP contribution in [-0.4, -0.2) is 22.2 Å². The van der Waals surface area contributed by atoms with Gasteiger partial charge in [0.1, 0.15) is 11.5 Å². The van der Waals surface area contributed by atoms with E-state index in [2.05, 4.69) is 22.3 Å². The van der Waals surface area contributed by atoms with Gasteiger partial charge in [-0.3, -0.25) is 4.79 Å². The van der Waals surface area contributed by atoms with E-state index in [0.717, 1.165) is 5.56 Å². The second kappa shape index (κ2) is 7.45. The molecule has 5 heteroatoms. The van der Waals surface area contributed by atoms with Crippen molar-refractivity contribution in [2.45, 2.75) is 6.92 Å². The van der Waals surface area contributed by atoms with E-state index in [-0.39, 0.29) is 12.5 Å². The number of amides is 1. The van der Waals surface area contributed by atoms with Crippen LogP contribution < -0.4 is 5.32 Å². The topological polar surface area (TPSA) is 46.9 Å². The van der Waals surface area contributed by atoms with Crippen molar-refractivity contribution in [1.82, 2.24) is 15.1 Å². The van der Waals surface area contributed by atoms with E-state index >= 15 is 0 Å². The number of hydrogen-bond acceptors (Lipinski definition) is 2. The Bertz CT molecular complexity index is 952. The molecule has 0 radical (unpaired) electrons. The highest BCUT2D eigenvalue weighted by atomic mass is 19.1. The van der Waals surface area contributed by atoms with Gasteiger partial charge in [0.05, 0.1) is 24.0 Å². The first-order valence-electron chi connectivity index (χ1n) is 7.78. The van der Waals surface area contributed by atoms with Crippen LogP contribution in [0.5, 0.6) is 0 Å². The van der Waals surface area contributed by atoms with Gasteiger partial charge in [0.15, 0.2) is 0 Å². The van der Waals surface area contributed by atoms with Crippen molar-refractivity contribution in [2.24, 2.45) is 0 Å². The molecule has 3 rings (SSSR count). The van der Waals surface area contributed by atoms with E-state index in [1.165, 1.54) is 16.9 Å². The largest absolute Gasteiger partial charge is 0.341 e. The second-order valence-corrected chi connectivity index (χ2v) is 5.36. The predicted molar refractivity (Wildman–Crippen MR) is 93.9 cm³/mol. The van der Waals surface area contributed by atoms with Gasteiger partial charge in [-0.05, 0) is 31.2 Å². The second-order valence-electron chi connectivity index (χ2n) is 5.36. The molecule has 0 saturated heterocycles. The maximum absolute atomic E-state index is 13.9. The molecule has 0 unspecified atom stereocenters. The third-order valence-electron chi connectivity index (χ3n) is 3.68. The fourth-order valence-electron chi connectivity index (χ4n) is 2.39. The van der Waals surface area contributed by atoms with Crippen LogP contribution in [0.4, 0.5) is 4.39 Å². The average Bonchev–Trinajstić information content (AvgIpc) is 3.01. The van der Waals surface area contributed by atoms with Gasteiger partial charge in [0, 0.05) is 5.56 Å². The fourth-order valence-corrected chi connectivity index (χ4v) is 2.39. The summed E-state index contributed by atoms with van der Waals surface area (Å²) in [6, 6.07) is 15.8. The summed E-state index contributed by atoms with van der Waals surface area (Å²) in [6.45, 7) is 1.95. The number of para-hydroxylation sites is 1. The van der Waals surface area contributed by atoms with Gasteiger partial charge in [0.25, 0.3) is 5.91 Å². The van der Waals surface area contributed by atoms with Gasteiger partial charge in [-0.25, -0.2) is 9.07 Å². The van der Waals surface area contributed by atoms with E-state index in [0.29, 0.717) is 16.9 Å². The summed E-state index contributed by atoms with van der Waals surface area (Å²) in [4.78, 5) is 12.3. The Balaban J connectivity index is 1.70. The van der Waals surface area contributed by atoms with Crippen LogP contribution in [0.3, 0.4) is 0 Å². The van der Waals surface area contributed by atoms with Crippen molar-refractivity contribution in [1.29, 1.82) is 0 Å². The lowest BCUT2D eigenvalue weighted by molar-refractivity contribution is 0.0958.